The molecule has 63 heavy (non-hydrogen) atoms. The second kappa shape index (κ2) is 22.2. The minimum atomic E-state index is -5.30. The van der Waals surface area contributed by atoms with E-state index in [4.69, 9.17) is 0 Å². The Balaban J connectivity index is 0.00000123. The van der Waals surface area contributed by atoms with Crippen LogP contribution in [-0.4, -0.2) is 5.66 Å². The molecule has 0 aromatic heterocycles. The maximum Gasteiger partial charge on any atom is 2.00 e. The zero-order valence-electron chi connectivity index (χ0n) is 34.7. The predicted octanol–water partition coefficient (Wildman–Crippen LogP) is 14.8. The van der Waals surface area contributed by atoms with E-state index < -0.39 is 85.0 Å². The summed E-state index contributed by atoms with van der Waals surface area (Å²) in [6, 6.07) is 28.4. The Morgan fingerprint density at radius 3 is 1.16 bits per heavy atom. The summed E-state index contributed by atoms with van der Waals surface area (Å²) in [6.07, 6.45) is -12.2. The fourth-order valence-corrected chi connectivity index (χ4v) is 14.0. The minimum Gasteiger partial charge on any atom is -0.358 e. The monoisotopic (exact) mass is 970 g/mol. The zero-order chi connectivity index (χ0) is 43.5. The quantitative estimate of drug-likeness (QED) is 0.0629. The molecule has 0 spiro atoms. The molecule has 3 atom stereocenters. The van der Waals surface area contributed by atoms with Crippen molar-refractivity contribution in [2.45, 2.75) is 94.6 Å². The average Bonchev–Trinajstić information content (AvgIpc) is 3.95. The van der Waals surface area contributed by atoms with Gasteiger partial charge in [-0.25, -0.2) is 0 Å². The van der Waals surface area contributed by atoms with Crippen LogP contribution in [0.15, 0.2) is 121 Å². The van der Waals surface area contributed by atoms with Crippen molar-refractivity contribution in [3.8, 4) is 0 Å². The first-order valence-corrected chi connectivity index (χ1v) is 22.4. The minimum absolute atomic E-state index is 0. The third kappa shape index (κ3) is 13.4. The Kier molecular flexibility index (Phi) is 19.0. The van der Waals surface area contributed by atoms with Gasteiger partial charge in [0, 0.05) is 0 Å². The van der Waals surface area contributed by atoms with Gasteiger partial charge in [-0.2, -0.15) is 52.7 Å². The molecule has 0 heterocycles. The molecule has 7 rings (SSSR count). The smallest absolute Gasteiger partial charge is 0.358 e. The standard InChI is InChI=1S/C41H32F12P2.C5H10.2CH3.Fe/c1-25(34-16-10-17-35(34)36-15-8-9-18-37(36)55(30-11-4-2-5-12-30)31-13-6-3-7-14-31)54(32-21-26(38(42,43)44)19-27(22-32)39(45,46)47)33-23-28(40(48,49)50)20-29(24-33)41(51,52)53;1-2-4-5-3-1;;;/h2-9,11-15,18-25,34-35H,10,16-17H2,1H3;1-5H2;2*1H3;/q;;2*-1;+2/t25-,34?,35?;;;;/m1..../s1. The van der Waals surface area contributed by atoms with E-state index in [1.807, 2.05) is 84.9 Å². The normalized spacial score (nSPS) is 17.3. The first-order valence-electron chi connectivity index (χ1n) is 19.6. The van der Waals surface area contributed by atoms with Gasteiger partial charge in [-0.1, -0.05) is 130 Å². The largest absolute Gasteiger partial charge is 2.00 e. The van der Waals surface area contributed by atoms with Crippen LogP contribution in [0.25, 0.3) is 0 Å². The molecule has 15 heteroatoms. The summed E-state index contributed by atoms with van der Waals surface area (Å²) in [7, 11) is -3.89. The molecule has 2 aliphatic rings. The van der Waals surface area contributed by atoms with E-state index in [1.165, 1.54) is 39.0 Å². The van der Waals surface area contributed by atoms with E-state index in [1.54, 1.807) is 0 Å². The second-order valence-corrected chi connectivity index (χ2v) is 19.9. The molecule has 2 aliphatic carbocycles. The second-order valence-electron chi connectivity index (χ2n) is 15.2. The number of alkyl halides is 12. The molecule has 2 saturated carbocycles. The van der Waals surface area contributed by atoms with Crippen LogP contribution in [-0.2, 0) is 41.8 Å². The van der Waals surface area contributed by atoms with Crippen molar-refractivity contribution in [3.05, 3.63) is 164 Å². The van der Waals surface area contributed by atoms with Crippen LogP contribution in [0.3, 0.4) is 0 Å². The van der Waals surface area contributed by atoms with Gasteiger partial charge in [0.1, 0.15) is 0 Å². The van der Waals surface area contributed by atoms with Gasteiger partial charge >= 0.3 is 41.8 Å². The molecule has 5 aromatic rings. The van der Waals surface area contributed by atoms with E-state index in [0.29, 0.717) is 43.5 Å². The van der Waals surface area contributed by atoms with Gasteiger partial charge in [0.2, 0.25) is 0 Å². The molecule has 5 aromatic carbocycles. The third-order valence-electron chi connectivity index (χ3n) is 11.2. The van der Waals surface area contributed by atoms with Gasteiger partial charge in [-0.15, -0.1) is 0 Å². The number of halogens is 12. The van der Waals surface area contributed by atoms with Crippen LogP contribution in [0.1, 0.15) is 92.0 Å². The van der Waals surface area contributed by atoms with Gasteiger partial charge in [0.05, 0.1) is 22.3 Å². The maximum absolute atomic E-state index is 14.2. The maximum atomic E-state index is 14.2. The first-order chi connectivity index (χ1) is 28.2. The van der Waals surface area contributed by atoms with Crippen molar-refractivity contribution in [1.29, 1.82) is 0 Å². The fourth-order valence-electron chi connectivity index (χ4n) is 8.39. The Morgan fingerprint density at radius 1 is 0.444 bits per heavy atom. The van der Waals surface area contributed by atoms with Gasteiger partial charge in [0.25, 0.3) is 0 Å². The summed E-state index contributed by atoms with van der Waals surface area (Å²) in [4.78, 5) is 0. The summed E-state index contributed by atoms with van der Waals surface area (Å²) in [5, 5.41) is 1.72. The van der Waals surface area contributed by atoms with Crippen molar-refractivity contribution in [3.63, 3.8) is 0 Å². The molecule has 0 nitrogen and oxygen atoms in total. The van der Waals surface area contributed by atoms with Gasteiger partial charge in [0.15, 0.2) is 0 Å². The summed E-state index contributed by atoms with van der Waals surface area (Å²) < 4.78 is 170. The van der Waals surface area contributed by atoms with Crippen LogP contribution in [0, 0.1) is 20.8 Å². The van der Waals surface area contributed by atoms with E-state index in [2.05, 4.69) is 0 Å². The molecule has 0 amide bonds. The zero-order valence-corrected chi connectivity index (χ0v) is 37.6. The number of rotatable bonds is 8. The molecule has 0 aliphatic heterocycles. The molecule has 0 bridgehead atoms. The molecule has 2 unspecified atom stereocenters. The average molecular weight is 971 g/mol. The van der Waals surface area contributed by atoms with Crippen molar-refractivity contribution in [2.75, 3.05) is 0 Å². The molecule has 0 radical (unpaired) electrons. The Bertz CT molecular complexity index is 1990. The molecular formula is C48H48F12FeP2. The first kappa shape index (κ1) is 54.0. The van der Waals surface area contributed by atoms with E-state index in [9.17, 15) is 52.7 Å². The Hall–Kier alpha value is -3.36. The van der Waals surface area contributed by atoms with Crippen LogP contribution >= 0.6 is 15.8 Å². The van der Waals surface area contributed by atoms with Crippen molar-refractivity contribution in [2.24, 2.45) is 5.92 Å². The van der Waals surface area contributed by atoms with Crippen LogP contribution < -0.4 is 26.5 Å². The van der Waals surface area contributed by atoms with E-state index in [-0.39, 0.29) is 50.0 Å². The topological polar surface area (TPSA) is 0 Å². The summed E-state index contributed by atoms with van der Waals surface area (Å²) in [5.74, 6) is -0.905. The molecule has 342 valence electrons. The predicted molar refractivity (Wildman–Crippen MR) is 230 cm³/mol. The fraction of sp³-hybridized carbons (Fsp3) is 0.333. The van der Waals surface area contributed by atoms with Gasteiger partial charge in [-0.3, -0.25) is 0 Å². The summed E-state index contributed by atoms with van der Waals surface area (Å²) in [6.45, 7) is 1.52. The number of hydrogen-bond acceptors (Lipinski definition) is 0. The summed E-state index contributed by atoms with van der Waals surface area (Å²) in [5.41, 5.74) is -6.92. The van der Waals surface area contributed by atoms with Crippen molar-refractivity contribution < 1.29 is 69.8 Å². The van der Waals surface area contributed by atoms with E-state index in [0.717, 1.165) is 21.5 Å². The van der Waals surface area contributed by atoms with E-state index >= 15 is 0 Å². The van der Waals surface area contributed by atoms with Crippen molar-refractivity contribution in [1.82, 2.24) is 0 Å². The van der Waals surface area contributed by atoms with Crippen LogP contribution in [0.5, 0.6) is 0 Å². The number of benzene rings is 5. The molecule has 0 saturated heterocycles. The number of hydrogen-bond donors (Lipinski definition) is 0. The summed E-state index contributed by atoms with van der Waals surface area (Å²) >= 11 is 0. The van der Waals surface area contributed by atoms with Crippen LogP contribution in [0.2, 0.25) is 0 Å². The van der Waals surface area contributed by atoms with Gasteiger partial charge < -0.3 is 14.9 Å². The molecule has 0 N–H and O–H groups in total. The van der Waals surface area contributed by atoms with Crippen LogP contribution in [0.4, 0.5) is 52.7 Å². The van der Waals surface area contributed by atoms with Gasteiger partial charge in [-0.05, 0) is 115 Å². The molecular weight excluding hydrogens is 922 g/mol. The Labute approximate surface area is 375 Å². The molecule has 2 fully saturated rings. The Morgan fingerprint density at radius 2 is 0.794 bits per heavy atom. The van der Waals surface area contributed by atoms with Crippen molar-refractivity contribution >= 4 is 42.4 Å². The third-order valence-corrected chi connectivity index (χ3v) is 16.5. The SMILES string of the molecule is C1CCCC1.C[C@H](C1CCCC1c1ccccc1P(c1ccccc1)c1ccccc1)P(c1cc(C(F)(F)F)cc(C(F)(F)F)c1)c1cc(C(F)(F)F)cc(C(F)(F)F)c1.[CH3-].[CH3-].[Fe+2].